The molecule has 4 nitrogen and oxygen atoms in total. The molecule has 1 amide bonds. The maximum absolute atomic E-state index is 12.5. The molecule has 0 radical (unpaired) electrons. The fraction of sp³-hybridized carbons (Fsp3) is 0.929. The highest BCUT2D eigenvalue weighted by atomic mass is 16.2. The molecule has 0 heterocycles. The minimum absolute atomic E-state index is 0.0687. The van der Waals surface area contributed by atoms with E-state index < -0.39 is 0 Å². The van der Waals surface area contributed by atoms with Gasteiger partial charge >= 0.3 is 0 Å². The highest BCUT2D eigenvalue weighted by Gasteiger charge is 2.30. The number of amides is 1. The summed E-state index contributed by atoms with van der Waals surface area (Å²) in [6.45, 7) is 5.62. The number of rotatable bonds is 6. The summed E-state index contributed by atoms with van der Waals surface area (Å²) in [6, 6.07) is 0.374. The van der Waals surface area contributed by atoms with Crippen LogP contribution in [0.25, 0.3) is 0 Å². The van der Waals surface area contributed by atoms with Crippen LogP contribution >= 0.6 is 0 Å². The fourth-order valence-electron chi connectivity index (χ4n) is 2.48. The van der Waals surface area contributed by atoms with Crippen molar-refractivity contribution in [1.82, 2.24) is 9.80 Å². The monoisotopic (exact) mass is 255 g/mol. The van der Waals surface area contributed by atoms with Gasteiger partial charge in [-0.2, -0.15) is 0 Å². The number of carbonyl (C=O) groups is 1. The lowest BCUT2D eigenvalue weighted by molar-refractivity contribution is -0.138. The van der Waals surface area contributed by atoms with Gasteiger partial charge in [0.1, 0.15) is 0 Å². The number of hydrogen-bond acceptors (Lipinski definition) is 3. The van der Waals surface area contributed by atoms with Crippen molar-refractivity contribution in [3.8, 4) is 0 Å². The molecule has 2 unspecified atom stereocenters. The van der Waals surface area contributed by atoms with Crippen LogP contribution < -0.4 is 5.73 Å². The minimum atomic E-state index is -0.0761. The third-order valence-electron chi connectivity index (χ3n) is 4.01. The van der Waals surface area contributed by atoms with Gasteiger partial charge < -0.3 is 15.5 Å². The van der Waals surface area contributed by atoms with E-state index in [0.717, 1.165) is 25.9 Å². The molecular formula is C14H29N3O. The lowest BCUT2D eigenvalue weighted by Crippen LogP contribution is -2.48. The number of nitrogens with zero attached hydrogens (tertiary/aromatic N) is 2. The summed E-state index contributed by atoms with van der Waals surface area (Å²) in [5.74, 6) is 0.159. The molecule has 4 heteroatoms. The van der Waals surface area contributed by atoms with E-state index in [2.05, 4.69) is 9.80 Å². The van der Waals surface area contributed by atoms with E-state index >= 15 is 0 Å². The zero-order valence-corrected chi connectivity index (χ0v) is 12.4. The molecule has 2 N–H and O–H groups in total. The topological polar surface area (TPSA) is 49.6 Å². The molecule has 1 aliphatic carbocycles. The summed E-state index contributed by atoms with van der Waals surface area (Å²) in [4.78, 5) is 16.7. The summed E-state index contributed by atoms with van der Waals surface area (Å²) in [6.07, 6.45) is 4.82. The van der Waals surface area contributed by atoms with Crippen LogP contribution in [0.15, 0.2) is 0 Å². The Kier molecular flexibility index (Phi) is 6.09. The highest BCUT2D eigenvalue weighted by molar-refractivity contribution is 5.79. The standard InChI is InChI=1S/C14H29N3O/c1-11(12(2)15)14(18)17(10-9-16(3)4)13-7-5-6-8-13/h11-13H,5-10,15H2,1-4H3. The third-order valence-corrected chi connectivity index (χ3v) is 4.01. The molecule has 0 saturated heterocycles. The van der Waals surface area contributed by atoms with Gasteiger partial charge in [0.2, 0.25) is 5.91 Å². The lowest BCUT2D eigenvalue weighted by atomic mass is 10.0. The Morgan fingerprint density at radius 2 is 1.78 bits per heavy atom. The summed E-state index contributed by atoms with van der Waals surface area (Å²) in [5, 5.41) is 0. The second kappa shape index (κ2) is 7.10. The molecule has 0 aromatic carbocycles. The van der Waals surface area contributed by atoms with Crippen molar-refractivity contribution in [1.29, 1.82) is 0 Å². The Balaban J connectivity index is 2.66. The molecule has 0 aliphatic heterocycles. The molecule has 1 saturated carbocycles. The molecule has 1 fully saturated rings. The zero-order chi connectivity index (χ0) is 13.7. The van der Waals surface area contributed by atoms with Gasteiger partial charge in [0, 0.05) is 25.2 Å². The molecule has 2 atom stereocenters. The Hall–Kier alpha value is -0.610. The summed E-state index contributed by atoms with van der Waals surface area (Å²) < 4.78 is 0. The molecular weight excluding hydrogens is 226 g/mol. The number of likely N-dealkylation sites (N-methyl/N-ethyl adjacent to an activating group) is 1. The molecule has 106 valence electrons. The van der Waals surface area contributed by atoms with Crippen LogP contribution in [-0.2, 0) is 4.79 Å². The second-order valence-corrected chi connectivity index (χ2v) is 5.92. The first-order chi connectivity index (χ1) is 8.43. The second-order valence-electron chi connectivity index (χ2n) is 5.92. The SMILES string of the molecule is CC(N)C(C)C(=O)N(CCN(C)C)C1CCCC1. The van der Waals surface area contributed by atoms with E-state index in [4.69, 9.17) is 5.73 Å². The van der Waals surface area contributed by atoms with E-state index in [1.165, 1.54) is 12.8 Å². The number of carbonyl (C=O) groups excluding carboxylic acids is 1. The highest BCUT2D eigenvalue weighted by Crippen LogP contribution is 2.25. The molecule has 0 aromatic rings. The minimum Gasteiger partial charge on any atom is -0.338 e. The maximum atomic E-state index is 12.5. The molecule has 1 rings (SSSR count). The van der Waals surface area contributed by atoms with Crippen molar-refractivity contribution in [2.24, 2.45) is 11.7 Å². The van der Waals surface area contributed by atoms with Crippen LogP contribution in [0.3, 0.4) is 0 Å². The first kappa shape index (κ1) is 15.4. The molecule has 0 spiro atoms. The zero-order valence-electron chi connectivity index (χ0n) is 12.4. The van der Waals surface area contributed by atoms with E-state index in [0.29, 0.717) is 6.04 Å². The average Bonchev–Trinajstić information content (AvgIpc) is 2.81. The van der Waals surface area contributed by atoms with Crippen molar-refractivity contribution in [2.45, 2.75) is 51.6 Å². The van der Waals surface area contributed by atoms with Crippen molar-refractivity contribution in [2.75, 3.05) is 27.2 Å². The summed E-state index contributed by atoms with van der Waals surface area (Å²) >= 11 is 0. The van der Waals surface area contributed by atoms with Gasteiger partial charge in [0.15, 0.2) is 0 Å². The van der Waals surface area contributed by atoms with Crippen LogP contribution in [0, 0.1) is 5.92 Å². The predicted molar refractivity (Wildman–Crippen MR) is 75.3 cm³/mol. The van der Waals surface area contributed by atoms with E-state index in [-0.39, 0.29) is 17.9 Å². The summed E-state index contributed by atoms with van der Waals surface area (Å²) in [5.41, 5.74) is 5.87. The molecule has 0 aromatic heterocycles. The Labute approximate surface area is 111 Å². The van der Waals surface area contributed by atoms with Gasteiger partial charge in [-0.25, -0.2) is 0 Å². The quantitative estimate of drug-likeness (QED) is 0.778. The summed E-state index contributed by atoms with van der Waals surface area (Å²) in [7, 11) is 4.10. The Morgan fingerprint density at radius 3 is 2.22 bits per heavy atom. The van der Waals surface area contributed by atoms with Crippen molar-refractivity contribution < 1.29 is 4.79 Å². The third kappa shape index (κ3) is 4.25. The van der Waals surface area contributed by atoms with Crippen LogP contribution in [0.4, 0.5) is 0 Å². The van der Waals surface area contributed by atoms with Gasteiger partial charge in [-0.3, -0.25) is 4.79 Å². The average molecular weight is 255 g/mol. The Bertz CT molecular complexity index is 260. The normalized spacial score (nSPS) is 20.1. The van der Waals surface area contributed by atoms with Gasteiger partial charge in [-0.1, -0.05) is 19.8 Å². The Morgan fingerprint density at radius 1 is 1.22 bits per heavy atom. The van der Waals surface area contributed by atoms with Gasteiger partial charge in [0.05, 0.1) is 5.92 Å². The van der Waals surface area contributed by atoms with Crippen LogP contribution in [-0.4, -0.2) is 55.0 Å². The number of nitrogens with two attached hydrogens (primary N) is 1. The van der Waals surface area contributed by atoms with Gasteiger partial charge in [-0.05, 0) is 33.9 Å². The predicted octanol–water partition coefficient (Wildman–Crippen LogP) is 1.30. The molecule has 1 aliphatic rings. The number of hydrogen-bond donors (Lipinski definition) is 1. The van der Waals surface area contributed by atoms with Crippen LogP contribution in [0.2, 0.25) is 0 Å². The molecule has 18 heavy (non-hydrogen) atoms. The van der Waals surface area contributed by atoms with Gasteiger partial charge in [0.25, 0.3) is 0 Å². The van der Waals surface area contributed by atoms with Gasteiger partial charge in [-0.15, -0.1) is 0 Å². The van der Waals surface area contributed by atoms with E-state index in [9.17, 15) is 4.79 Å². The molecule has 0 bridgehead atoms. The van der Waals surface area contributed by atoms with E-state index in [1.807, 2.05) is 27.9 Å². The lowest BCUT2D eigenvalue weighted by Gasteiger charge is -2.33. The van der Waals surface area contributed by atoms with Crippen LogP contribution in [0.5, 0.6) is 0 Å². The largest absolute Gasteiger partial charge is 0.338 e. The fourth-order valence-corrected chi connectivity index (χ4v) is 2.48. The smallest absolute Gasteiger partial charge is 0.227 e. The van der Waals surface area contributed by atoms with Crippen LogP contribution in [0.1, 0.15) is 39.5 Å². The maximum Gasteiger partial charge on any atom is 0.227 e. The van der Waals surface area contributed by atoms with Crippen molar-refractivity contribution >= 4 is 5.91 Å². The first-order valence-corrected chi connectivity index (χ1v) is 7.14. The van der Waals surface area contributed by atoms with Crippen molar-refractivity contribution in [3.05, 3.63) is 0 Å². The van der Waals surface area contributed by atoms with E-state index in [1.54, 1.807) is 0 Å². The van der Waals surface area contributed by atoms with Crippen molar-refractivity contribution in [3.63, 3.8) is 0 Å². The first-order valence-electron chi connectivity index (χ1n) is 7.14.